The van der Waals surface area contributed by atoms with Crippen molar-refractivity contribution < 1.29 is 9.18 Å². The summed E-state index contributed by atoms with van der Waals surface area (Å²) < 4.78 is 13.1. The van der Waals surface area contributed by atoms with Crippen LogP contribution in [-0.2, 0) is 4.79 Å². The van der Waals surface area contributed by atoms with E-state index in [-0.39, 0.29) is 23.7 Å². The second-order valence-electron chi connectivity index (χ2n) is 5.40. The Labute approximate surface area is 128 Å². The number of benzene rings is 1. The minimum absolute atomic E-state index is 0.0183. The molecule has 0 spiro atoms. The Morgan fingerprint density at radius 3 is 2.77 bits per heavy atom. The molecule has 1 saturated heterocycles. The third-order valence-corrected chi connectivity index (χ3v) is 3.97. The minimum atomic E-state index is -0.298. The Morgan fingerprint density at radius 2 is 2.09 bits per heavy atom. The van der Waals surface area contributed by atoms with Gasteiger partial charge in [0.1, 0.15) is 5.82 Å². The Hall–Kier alpha value is -2.50. The summed E-state index contributed by atoms with van der Waals surface area (Å²) in [6.07, 6.45) is 3.41. The highest BCUT2D eigenvalue weighted by Gasteiger charge is 2.31. The fraction of sp³-hybridized carbons (Fsp3) is 0.312. The molecule has 0 unspecified atom stereocenters. The van der Waals surface area contributed by atoms with Crippen LogP contribution in [-0.4, -0.2) is 27.3 Å². The van der Waals surface area contributed by atoms with Crippen LogP contribution in [0.15, 0.2) is 30.5 Å². The first-order chi connectivity index (χ1) is 10.6. The van der Waals surface area contributed by atoms with Crippen LogP contribution < -0.4 is 5.73 Å². The van der Waals surface area contributed by atoms with Crippen molar-refractivity contribution in [1.29, 1.82) is 0 Å². The zero-order valence-corrected chi connectivity index (χ0v) is 12.3. The highest BCUT2D eigenvalue weighted by atomic mass is 19.1. The molecule has 1 aromatic heterocycles. The van der Waals surface area contributed by atoms with Crippen molar-refractivity contribution in [2.75, 3.05) is 12.3 Å². The van der Waals surface area contributed by atoms with Crippen molar-refractivity contribution >= 4 is 11.9 Å². The maximum Gasteiger partial charge on any atom is 0.220 e. The predicted molar refractivity (Wildman–Crippen MR) is 81.2 cm³/mol. The molecule has 1 atom stereocenters. The van der Waals surface area contributed by atoms with Gasteiger partial charge in [0, 0.05) is 25.2 Å². The first-order valence-corrected chi connectivity index (χ1v) is 7.22. The zero-order chi connectivity index (χ0) is 15.7. The SMILES string of the molecule is CC(=O)N1CCC[C@@H]1c1nc(N)ncc1-c1ccc(F)cc1. The summed E-state index contributed by atoms with van der Waals surface area (Å²) in [5, 5.41) is 0. The largest absolute Gasteiger partial charge is 0.368 e. The molecule has 1 fully saturated rings. The summed E-state index contributed by atoms with van der Waals surface area (Å²) in [4.78, 5) is 22.0. The quantitative estimate of drug-likeness (QED) is 0.925. The summed E-state index contributed by atoms with van der Waals surface area (Å²) in [6.45, 7) is 2.27. The molecule has 2 aromatic rings. The summed E-state index contributed by atoms with van der Waals surface area (Å²) in [5.74, 6) is -0.103. The summed E-state index contributed by atoms with van der Waals surface area (Å²) >= 11 is 0. The van der Waals surface area contributed by atoms with E-state index in [2.05, 4.69) is 9.97 Å². The lowest BCUT2D eigenvalue weighted by atomic mass is 10.00. The maximum absolute atomic E-state index is 13.1. The van der Waals surface area contributed by atoms with Crippen molar-refractivity contribution in [3.8, 4) is 11.1 Å². The van der Waals surface area contributed by atoms with Gasteiger partial charge in [-0.1, -0.05) is 12.1 Å². The van der Waals surface area contributed by atoms with E-state index in [1.165, 1.54) is 12.1 Å². The number of nitrogens with two attached hydrogens (primary N) is 1. The van der Waals surface area contributed by atoms with Gasteiger partial charge in [-0.2, -0.15) is 0 Å². The summed E-state index contributed by atoms with van der Waals surface area (Å²) in [6, 6.07) is 6.05. The molecule has 1 aromatic carbocycles. The molecule has 114 valence electrons. The predicted octanol–water partition coefficient (Wildman–Crippen LogP) is 2.55. The van der Waals surface area contributed by atoms with Gasteiger partial charge < -0.3 is 10.6 Å². The van der Waals surface area contributed by atoms with E-state index < -0.39 is 0 Å². The van der Waals surface area contributed by atoms with Crippen molar-refractivity contribution in [2.45, 2.75) is 25.8 Å². The lowest BCUT2D eigenvalue weighted by molar-refractivity contribution is -0.129. The monoisotopic (exact) mass is 300 g/mol. The number of nitrogens with zero attached hydrogens (tertiary/aromatic N) is 3. The molecule has 1 amide bonds. The Morgan fingerprint density at radius 1 is 1.36 bits per heavy atom. The lowest BCUT2D eigenvalue weighted by Crippen LogP contribution is -2.29. The normalized spacial score (nSPS) is 17.7. The van der Waals surface area contributed by atoms with E-state index in [9.17, 15) is 9.18 Å². The summed E-state index contributed by atoms with van der Waals surface area (Å²) in [7, 11) is 0. The number of nitrogen functional groups attached to an aromatic ring is 1. The van der Waals surface area contributed by atoms with Crippen LogP contribution >= 0.6 is 0 Å². The first kappa shape index (κ1) is 14.4. The molecule has 1 aliphatic heterocycles. The molecule has 0 aliphatic carbocycles. The van der Waals surface area contributed by atoms with Crippen LogP contribution in [0.4, 0.5) is 10.3 Å². The lowest BCUT2D eigenvalue weighted by Gasteiger charge is -2.24. The van der Waals surface area contributed by atoms with Gasteiger partial charge in [-0.25, -0.2) is 14.4 Å². The topological polar surface area (TPSA) is 72.1 Å². The number of hydrogen-bond donors (Lipinski definition) is 1. The van der Waals surface area contributed by atoms with Gasteiger partial charge in [-0.3, -0.25) is 4.79 Å². The Bertz CT molecular complexity index is 702. The van der Waals surface area contributed by atoms with Crippen molar-refractivity contribution in [1.82, 2.24) is 14.9 Å². The van der Waals surface area contributed by atoms with E-state index in [4.69, 9.17) is 5.73 Å². The molecule has 0 bridgehead atoms. The highest BCUT2D eigenvalue weighted by Crippen LogP contribution is 2.36. The number of halogens is 1. The van der Waals surface area contributed by atoms with Gasteiger partial charge in [0.25, 0.3) is 0 Å². The maximum atomic E-state index is 13.1. The number of hydrogen-bond acceptors (Lipinski definition) is 4. The fourth-order valence-corrected chi connectivity index (χ4v) is 2.94. The van der Waals surface area contributed by atoms with Crippen molar-refractivity contribution in [3.05, 3.63) is 42.0 Å². The van der Waals surface area contributed by atoms with E-state index in [0.717, 1.165) is 29.7 Å². The molecular formula is C16H17FN4O. The van der Waals surface area contributed by atoms with E-state index in [1.54, 1.807) is 30.2 Å². The van der Waals surface area contributed by atoms with Crippen LogP contribution in [0.2, 0.25) is 0 Å². The second kappa shape index (κ2) is 5.71. The van der Waals surface area contributed by atoms with Gasteiger partial charge in [0.15, 0.2) is 0 Å². The fourth-order valence-electron chi connectivity index (χ4n) is 2.94. The van der Waals surface area contributed by atoms with Crippen LogP contribution in [0.5, 0.6) is 0 Å². The van der Waals surface area contributed by atoms with Crippen LogP contribution in [0, 0.1) is 5.82 Å². The molecular weight excluding hydrogens is 283 g/mol. The third-order valence-electron chi connectivity index (χ3n) is 3.97. The number of likely N-dealkylation sites (tertiary alicyclic amines) is 1. The van der Waals surface area contributed by atoms with Gasteiger partial charge in [0.05, 0.1) is 11.7 Å². The highest BCUT2D eigenvalue weighted by molar-refractivity contribution is 5.75. The molecule has 22 heavy (non-hydrogen) atoms. The first-order valence-electron chi connectivity index (χ1n) is 7.22. The third kappa shape index (κ3) is 2.64. The molecule has 2 heterocycles. The smallest absolute Gasteiger partial charge is 0.220 e. The average molecular weight is 300 g/mol. The molecule has 3 rings (SSSR count). The van der Waals surface area contributed by atoms with Gasteiger partial charge in [0.2, 0.25) is 11.9 Å². The van der Waals surface area contributed by atoms with Crippen molar-refractivity contribution in [3.63, 3.8) is 0 Å². The summed E-state index contributed by atoms with van der Waals surface area (Å²) in [5.41, 5.74) is 8.06. The molecule has 2 N–H and O–H groups in total. The average Bonchev–Trinajstić information content (AvgIpc) is 2.98. The van der Waals surface area contributed by atoms with Crippen LogP contribution in [0.25, 0.3) is 11.1 Å². The van der Waals surface area contributed by atoms with E-state index >= 15 is 0 Å². The second-order valence-corrected chi connectivity index (χ2v) is 5.40. The van der Waals surface area contributed by atoms with Gasteiger partial charge in [-0.15, -0.1) is 0 Å². The number of aromatic nitrogens is 2. The van der Waals surface area contributed by atoms with Crippen LogP contribution in [0.3, 0.4) is 0 Å². The molecule has 5 nitrogen and oxygen atoms in total. The van der Waals surface area contributed by atoms with Gasteiger partial charge >= 0.3 is 0 Å². The number of carbonyl (C=O) groups excluding carboxylic acids is 1. The minimum Gasteiger partial charge on any atom is -0.368 e. The molecule has 1 aliphatic rings. The van der Waals surface area contributed by atoms with Gasteiger partial charge in [-0.05, 0) is 30.5 Å². The zero-order valence-electron chi connectivity index (χ0n) is 12.3. The Kier molecular flexibility index (Phi) is 3.75. The molecule has 0 radical (unpaired) electrons. The standard InChI is InChI=1S/C16H17FN4O/c1-10(22)21-8-2-3-14(21)15-13(9-19-16(18)20-15)11-4-6-12(17)7-5-11/h4-7,9,14H,2-3,8H2,1H3,(H2,18,19,20)/t14-/m1/s1. The molecule has 0 saturated carbocycles. The number of carbonyl (C=O) groups is 1. The number of amides is 1. The number of anilines is 1. The van der Waals surface area contributed by atoms with Crippen molar-refractivity contribution in [2.24, 2.45) is 0 Å². The Balaban J connectivity index is 2.08. The molecule has 6 heteroatoms. The van der Waals surface area contributed by atoms with Crippen LogP contribution in [0.1, 0.15) is 31.5 Å². The van der Waals surface area contributed by atoms with E-state index in [1.807, 2.05) is 0 Å². The number of rotatable bonds is 2. The van der Waals surface area contributed by atoms with E-state index in [0.29, 0.717) is 6.54 Å².